The van der Waals surface area contributed by atoms with Gasteiger partial charge in [0, 0.05) is 42.0 Å². The third-order valence-electron chi connectivity index (χ3n) is 4.72. The minimum atomic E-state index is -1.55. The third-order valence-corrected chi connectivity index (χ3v) is 4.72. The van der Waals surface area contributed by atoms with Gasteiger partial charge in [0.05, 0.1) is 17.6 Å². The molecule has 0 heterocycles. The second kappa shape index (κ2) is 2.83. The second-order valence-corrected chi connectivity index (χ2v) is 6.47. The molecular weight excluding hydrogens is 244 g/mol. The maximum atomic E-state index is 11.3. The predicted octanol–water partition coefficient (Wildman–Crippen LogP) is -0.139. The van der Waals surface area contributed by atoms with Gasteiger partial charge in [-0.2, -0.15) is 0 Å². The fourth-order valence-electron chi connectivity index (χ4n) is 4.81. The molecule has 0 aromatic heterocycles. The van der Waals surface area contributed by atoms with E-state index in [4.69, 9.17) is 0 Å². The molecule has 0 aliphatic heterocycles. The standard InChI is InChI=1S/C10H14N2O6/c13-9-2-7(11(15)16)1-8(4-9,12(17)18)5-10(14,3-7)6-9/h13-14H,1-6H2. The van der Waals surface area contributed by atoms with Crippen molar-refractivity contribution >= 4 is 0 Å². The Hall–Kier alpha value is -1.28. The van der Waals surface area contributed by atoms with Crippen molar-refractivity contribution in [2.75, 3.05) is 0 Å². The molecule has 4 aliphatic rings. The van der Waals surface area contributed by atoms with Crippen molar-refractivity contribution in [3.05, 3.63) is 20.2 Å². The Morgan fingerprint density at radius 2 is 1.06 bits per heavy atom. The van der Waals surface area contributed by atoms with Gasteiger partial charge in [-0.1, -0.05) is 0 Å². The lowest BCUT2D eigenvalue weighted by Gasteiger charge is -2.59. The van der Waals surface area contributed by atoms with Crippen molar-refractivity contribution in [1.82, 2.24) is 0 Å². The molecule has 8 heteroatoms. The van der Waals surface area contributed by atoms with E-state index in [1.165, 1.54) is 0 Å². The number of rotatable bonds is 2. The number of hydrogen-bond acceptors (Lipinski definition) is 6. The van der Waals surface area contributed by atoms with Crippen LogP contribution in [0.15, 0.2) is 0 Å². The van der Waals surface area contributed by atoms with Gasteiger partial charge in [-0.15, -0.1) is 0 Å². The van der Waals surface area contributed by atoms with E-state index in [2.05, 4.69) is 0 Å². The first-order chi connectivity index (χ1) is 8.13. The molecule has 4 rings (SSSR count). The molecule has 0 spiro atoms. The highest BCUT2D eigenvalue weighted by Gasteiger charge is 2.77. The van der Waals surface area contributed by atoms with E-state index < -0.39 is 32.1 Å². The molecule has 0 atom stereocenters. The summed E-state index contributed by atoms with van der Waals surface area (Å²) in [6.07, 6.45) is -0.554. The molecule has 100 valence electrons. The summed E-state index contributed by atoms with van der Waals surface area (Å²) in [5, 5.41) is 43.2. The zero-order valence-corrected chi connectivity index (χ0v) is 9.66. The van der Waals surface area contributed by atoms with Crippen LogP contribution in [0.3, 0.4) is 0 Å². The van der Waals surface area contributed by atoms with Crippen molar-refractivity contribution < 1.29 is 20.1 Å². The minimum absolute atomic E-state index is 0.00514. The average Bonchev–Trinajstić information content (AvgIpc) is 2.10. The number of hydrogen-bond donors (Lipinski definition) is 2. The van der Waals surface area contributed by atoms with Crippen LogP contribution in [0.1, 0.15) is 38.5 Å². The summed E-state index contributed by atoms with van der Waals surface area (Å²) in [6, 6.07) is 0. The van der Waals surface area contributed by atoms with Crippen LogP contribution in [0.5, 0.6) is 0 Å². The summed E-state index contributed by atoms with van der Waals surface area (Å²) < 4.78 is 0. The van der Waals surface area contributed by atoms with Crippen LogP contribution in [-0.4, -0.2) is 42.3 Å². The summed E-state index contributed by atoms with van der Waals surface area (Å²) in [5.41, 5.74) is -6.07. The van der Waals surface area contributed by atoms with Gasteiger partial charge in [-0.3, -0.25) is 20.2 Å². The van der Waals surface area contributed by atoms with Crippen LogP contribution >= 0.6 is 0 Å². The summed E-state index contributed by atoms with van der Waals surface area (Å²) in [5.74, 6) is 0. The molecule has 4 aliphatic carbocycles. The highest BCUT2D eigenvalue weighted by atomic mass is 16.6. The van der Waals surface area contributed by atoms with Gasteiger partial charge < -0.3 is 10.2 Å². The molecular formula is C10H14N2O6. The lowest BCUT2D eigenvalue weighted by atomic mass is 9.46. The number of nitrogens with zero attached hydrogens (tertiary/aromatic N) is 2. The molecule has 0 saturated heterocycles. The van der Waals surface area contributed by atoms with Gasteiger partial charge in [0.2, 0.25) is 11.1 Å². The van der Waals surface area contributed by atoms with Crippen LogP contribution in [0.2, 0.25) is 0 Å². The van der Waals surface area contributed by atoms with E-state index in [1.807, 2.05) is 0 Å². The third kappa shape index (κ3) is 1.27. The van der Waals surface area contributed by atoms with Gasteiger partial charge >= 0.3 is 0 Å². The summed E-state index contributed by atoms with van der Waals surface area (Å²) in [4.78, 5) is 21.4. The van der Waals surface area contributed by atoms with Crippen molar-refractivity contribution in [3.63, 3.8) is 0 Å². The largest absolute Gasteiger partial charge is 0.389 e. The summed E-state index contributed by atoms with van der Waals surface area (Å²) in [7, 11) is 0. The van der Waals surface area contributed by atoms with Crippen LogP contribution in [0.25, 0.3) is 0 Å². The molecule has 4 bridgehead atoms. The Kier molecular flexibility index (Phi) is 1.85. The zero-order valence-electron chi connectivity index (χ0n) is 9.66. The number of aliphatic hydroxyl groups is 2. The highest BCUT2D eigenvalue weighted by molar-refractivity contribution is 5.20. The van der Waals surface area contributed by atoms with E-state index in [0.717, 1.165) is 0 Å². The molecule has 4 saturated carbocycles. The maximum absolute atomic E-state index is 11.3. The Morgan fingerprint density at radius 3 is 1.33 bits per heavy atom. The maximum Gasteiger partial charge on any atom is 0.234 e. The summed E-state index contributed by atoms with van der Waals surface area (Å²) in [6.45, 7) is 0. The smallest absolute Gasteiger partial charge is 0.234 e. The van der Waals surface area contributed by atoms with Gasteiger partial charge in [-0.25, -0.2) is 0 Å². The van der Waals surface area contributed by atoms with E-state index in [-0.39, 0.29) is 38.5 Å². The van der Waals surface area contributed by atoms with E-state index in [0.29, 0.717) is 0 Å². The fraction of sp³-hybridized carbons (Fsp3) is 1.00. The molecule has 0 aromatic carbocycles. The fourth-order valence-corrected chi connectivity index (χ4v) is 4.81. The van der Waals surface area contributed by atoms with Gasteiger partial charge in [0.1, 0.15) is 0 Å². The average molecular weight is 258 g/mol. The van der Waals surface area contributed by atoms with E-state index in [9.17, 15) is 30.4 Å². The monoisotopic (exact) mass is 258 g/mol. The van der Waals surface area contributed by atoms with Crippen LogP contribution in [-0.2, 0) is 0 Å². The van der Waals surface area contributed by atoms with Crippen molar-refractivity contribution in [2.45, 2.75) is 60.8 Å². The summed E-state index contributed by atoms with van der Waals surface area (Å²) >= 11 is 0. The molecule has 4 fully saturated rings. The topological polar surface area (TPSA) is 127 Å². The molecule has 0 aromatic rings. The Labute approximate surface area is 102 Å². The van der Waals surface area contributed by atoms with Crippen molar-refractivity contribution in [2.24, 2.45) is 0 Å². The predicted molar refractivity (Wildman–Crippen MR) is 57.1 cm³/mol. The van der Waals surface area contributed by atoms with Gasteiger partial charge in [-0.05, 0) is 0 Å². The SMILES string of the molecule is O=[N+]([O-])C12CC3(O)CC(O)(C1)CC([N+](=O)[O-])(C3)C2. The Bertz CT molecular complexity index is 409. The first kappa shape index (κ1) is 11.8. The van der Waals surface area contributed by atoms with E-state index >= 15 is 0 Å². The second-order valence-electron chi connectivity index (χ2n) is 6.47. The molecule has 0 amide bonds. The van der Waals surface area contributed by atoms with Gasteiger partial charge in [0.25, 0.3) is 0 Å². The van der Waals surface area contributed by atoms with Crippen LogP contribution in [0, 0.1) is 20.2 Å². The van der Waals surface area contributed by atoms with Crippen molar-refractivity contribution in [3.8, 4) is 0 Å². The molecule has 0 radical (unpaired) electrons. The van der Waals surface area contributed by atoms with Crippen LogP contribution in [0.4, 0.5) is 0 Å². The normalized spacial score (nSPS) is 53.4. The quantitative estimate of drug-likeness (QED) is 0.524. The first-order valence-corrected chi connectivity index (χ1v) is 5.87. The lowest BCUT2D eigenvalue weighted by Crippen LogP contribution is -2.75. The lowest BCUT2D eigenvalue weighted by molar-refractivity contribution is -0.654. The molecule has 2 N–H and O–H groups in total. The minimum Gasteiger partial charge on any atom is -0.389 e. The van der Waals surface area contributed by atoms with Gasteiger partial charge in [0.15, 0.2) is 0 Å². The van der Waals surface area contributed by atoms with Crippen molar-refractivity contribution in [1.29, 1.82) is 0 Å². The molecule has 8 nitrogen and oxygen atoms in total. The van der Waals surface area contributed by atoms with E-state index in [1.54, 1.807) is 0 Å². The molecule has 18 heavy (non-hydrogen) atoms. The number of nitro groups is 2. The van der Waals surface area contributed by atoms with Crippen LogP contribution < -0.4 is 0 Å². The first-order valence-electron chi connectivity index (χ1n) is 5.87. The molecule has 0 unspecified atom stereocenters. The highest BCUT2D eigenvalue weighted by Crippen LogP contribution is 2.62. The Balaban J connectivity index is 2.15. The Morgan fingerprint density at radius 1 is 0.722 bits per heavy atom. The zero-order chi connectivity index (χ0) is 13.4.